The molecule has 0 aliphatic rings. The molecule has 1 N–H and O–H groups in total. The first-order valence-electron chi connectivity index (χ1n) is 8.16. The maximum Gasteiger partial charge on any atom is 0.242 e. The van der Waals surface area contributed by atoms with Crippen LogP contribution in [0.3, 0.4) is 0 Å². The average molecular weight is 376 g/mol. The molecule has 0 radical (unpaired) electrons. The zero-order valence-electron chi connectivity index (χ0n) is 15.4. The van der Waals surface area contributed by atoms with Gasteiger partial charge in [0.25, 0.3) is 0 Å². The van der Waals surface area contributed by atoms with E-state index < -0.39 is 10.0 Å². The minimum atomic E-state index is -3.57. The minimum Gasteiger partial charge on any atom is -0.496 e. The molecule has 2 rings (SSSR count). The molecule has 0 saturated heterocycles. The van der Waals surface area contributed by atoms with Gasteiger partial charge in [0.05, 0.1) is 18.4 Å². The Morgan fingerprint density at radius 2 is 1.81 bits per heavy atom. The third-order valence-electron chi connectivity index (χ3n) is 3.99. The molecule has 0 atom stereocenters. The van der Waals surface area contributed by atoms with Crippen LogP contribution < -0.4 is 10.1 Å². The van der Waals surface area contributed by atoms with E-state index in [2.05, 4.69) is 5.32 Å². The van der Waals surface area contributed by atoms with E-state index >= 15 is 0 Å². The second-order valence-electron chi connectivity index (χ2n) is 6.16. The molecule has 26 heavy (non-hydrogen) atoms. The van der Waals surface area contributed by atoms with Gasteiger partial charge in [-0.2, -0.15) is 0 Å². The number of aryl methyl sites for hydroxylation is 1. The summed E-state index contributed by atoms with van der Waals surface area (Å²) in [6.45, 7) is 2.08. The number of hydrogen-bond acceptors (Lipinski definition) is 4. The Morgan fingerprint density at radius 1 is 1.12 bits per heavy atom. The van der Waals surface area contributed by atoms with Crippen molar-refractivity contribution in [1.82, 2.24) is 9.62 Å². The number of sulfonamides is 1. The number of rotatable bonds is 7. The van der Waals surface area contributed by atoms with Gasteiger partial charge in [0, 0.05) is 26.2 Å². The molecule has 1 amide bonds. The summed E-state index contributed by atoms with van der Waals surface area (Å²) in [4.78, 5) is 12.5. The molecule has 0 aromatic heterocycles. The van der Waals surface area contributed by atoms with Crippen molar-refractivity contribution in [3.8, 4) is 5.75 Å². The van der Waals surface area contributed by atoms with E-state index in [4.69, 9.17) is 4.74 Å². The Morgan fingerprint density at radius 3 is 2.46 bits per heavy atom. The van der Waals surface area contributed by atoms with Crippen LogP contribution in [0.15, 0.2) is 47.4 Å². The van der Waals surface area contributed by atoms with E-state index in [1.54, 1.807) is 31.4 Å². The molecule has 0 fully saturated rings. The van der Waals surface area contributed by atoms with Gasteiger partial charge in [0.2, 0.25) is 15.9 Å². The number of carbonyl (C=O) groups is 1. The lowest BCUT2D eigenvalue weighted by atomic mass is 10.1. The molecular formula is C19H24N2O4S. The molecule has 6 nitrogen and oxygen atoms in total. The van der Waals surface area contributed by atoms with Crippen molar-refractivity contribution in [2.45, 2.75) is 24.8 Å². The molecule has 0 unspecified atom stereocenters. The predicted octanol–water partition coefficient (Wildman–Crippen LogP) is 2.11. The maximum absolute atomic E-state index is 12.4. The molecular weight excluding hydrogens is 352 g/mol. The van der Waals surface area contributed by atoms with Crippen molar-refractivity contribution >= 4 is 15.9 Å². The monoisotopic (exact) mass is 376 g/mol. The van der Waals surface area contributed by atoms with Gasteiger partial charge >= 0.3 is 0 Å². The van der Waals surface area contributed by atoms with Crippen LogP contribution in [-0.4, -0.2) is 39.8 Å². The van der Waals surface area contributed by atoms with E-state index in [0.29, 0.717) is 11.3 Å². The fraction of sp³-hybridized carbons (Fsp3) is 0.316. The molecule has 0 spiro atoms. The molecule has 0 saturated carbocycles. The largest absolute Gasteiger partial charge is 0.496 e. The summed E-state index contributed by atoms with van der Waals surface area (Å²) in [5, 5.41) is 2.79. The molecule has 0 aliphatic heterocycles. The summed E-state index contributed by atoms with van der Waals surface area (Å²) >= 11 is 0. The Kier molecular flexibility index (Phi) is 6.39. The molecule has 0 aliphatic carbocycles. The lowest BCUT2D eigenvalue weighted by Gasteiger charge is -2.15. The summed E-state index contributed by atoms with van der Waals surface area (Å²) in [5.74, 6) is 0.451. The SMILES string of the molecule is COc1ccc(C)cc1CC(=O)NCc1ccccc1S(=O)(=O)N(C)C. The van der Waals surface area contributed by atoms with Gasteiger partial charge < -0.3 is 10.1 Å². The second kappa shape index (κ2) is 8.33. The first kappa shape index (κ1) is 19.9. The summed E-state index contributed by atoms with van der Waals surface area (Å²) in [5.41, 5.74) is 2.38. The Balaban J connectivity index is 2.13. The number of hydrogen-bond donors (Lipinski definition) is 1. The van der Waals surface area contributed by atoms with Crippen LogP contribution in [0.2, 0.25) is 0 Å². The van der Waals surface area contributed by atoms with Crippen LogP contribution in [0.5, 0.6) is 5.75 Å². The van der Waals surface area contributed by atoms with Gasteiger partial charge in [-0.05, 0) is 24.6 Å². The van der Waals surface area contributed by atoms with Crippen molar-refractivity contribution < 1.29 is 17.9 Å². The predicted molar refractivity (Wildman–Crippen MR) is 101 cm³/mol. The van der Waals surface area contributed by atoms with Gasteiger partial charge in [-0.25, -0.2) is 12.7 Å². The fourth-order valence-electron chi connectivity index (χ4n) is 2.57. The Hall–Kier alpha value is -2.38. The highest BCUT2D eigenvalue weighted by molar-refractivity contribution is 7.89. The quantitative estimate of drug-likeness (QED) is 0.803. The Bertz CT molecular complexity index is 892. The number of nitrogens with one attached hydrogen (secondary N) is 1. The van der Waals surface area contributed by atoms with E-state index in [1.165, 1.54) is 14.1 Å². The maximum atomic E-state index is 12.4. The highest BCUT2D eigenvalue weighted by atomic mass is 32.2. The second-order valence-corrected chi connectivity index (χ2v) is 8.28. The van der Waals surface area contributed by atoms with Gasteiger partial charge in [-0.3, -0.25) is 4.79 Å². The number of amides is 1. The molecule has 2 aromatic rings. The number of carbonyl (C=O) groups excluding carboxylic acids is 1. The van der Waals surface area contributed by atoms with Crippen molar-refractivity contribution in [2.75, 3.05) is 21.2 Å². The molecule has 140 valence electrons. The lowest BCUT2D eigenvalue weighted by Crippen LogP contribution is -2.28. The molecule has 0 bridgehead atoms. The Labute approximate surface area is 154 Å². The van der Waals surface area contributed by atoms with Gasteiger partial charge in [-0.15, -0.1) is 0 Å². The van der Waals surface area contributed by atoms with E-state index in [-0.39, 0.29) is 23.8 Å². The fourth-order valence-corrected chi connectivity index (χ4v) is 3.69. The highest BCUT2D eigenvalue weighted by Gasteiger charge is 2.21. The van der Waals surface area contributed by atoms with Crippen LogP contribution in [-0.2, 0) is 27.8 Å². The normalized spacial score (nSPS) is 11.4. The van der Waals surface area contributed by atoms with Crippen molar-refractivity contribution in [3.63, 3.8) is 0 Å². The van der Waals surface area contributed by atoms with Crippen molar-refractivity contribution in [2.24, 2.45) is 0 Å². The van der Waals surface area contributed by atoms with Crippen LogP contribution in [0.25, 0.3) is 0 Å². The number of ether oxygens (including phenoxy) is 1. The van der Waals surface area contributed by atoms with E-state index in [9.17, 15) is 13.2 Å². The summed E-state index contributed by atoms with van der Waals surface area (Å²) in [7, 11) is 0.957. The van der Waals surface area contributed by atoms with Crippen LogP contribution >= 0.6 is 0 Å². The van der Waals surface area contributed by atoms with Gasteiger partial charge in [0.1, 0.15) is 5.75 Å². The van der Waals surface area contributed by atoms with E-state index in [1.807, 2.05) is 25.1 Å². The standard InChI is InChI=1S/C19H24N2O4S/c1-14-9-10-17(25-4)16(11-14)12-19(22)20-13-15-7-5-6-8-18(15)26(23,24)21(2)3/h5-11H,12-13H2,1-4H3,(H,20,22). The molecule has 2 aromatic carbocycles. The van der Waals surface area contributed by atoms with Crippen LogP contribution in [0, 0.1) is 6.92 Å². The number of methoxy groups -OCH3 is 1. The number of benzene rings is 2. The minimum absolute atomic E-state index is 0.135. The van der Waals surface area contributed by atoms with Crippen molar-refractivity contribution in [1.29, 1.82) is 0 Å². The van der Waals surface area contributed by atoms with Crippen LogP contribution in [0.4, 0.5) is 0 Å². The lowest BCUT2D eigenvalue weighted by molar-refractivity contribution is -0.120. The zero-order valence-corrected chi connectivity index (χ0v) is 16.3. The van der Waals surface area contributed by atoms with Crippen LogP contribution in [0.1, 0.15) is 16.7 Å². The van der Waals surface area contributed by atoms with Gasteiger partial charge in [0.15, 0.2) is 0 Å². The summed E-state index contributed by atoms with van der Waals surface area (Å²) < 4.78 is 31.3. The first-order chi connectivity index (χ1) is 12.3. The third kappa shape index (κ3) is 4.62. The molecule has 7 heteroatoms. The topological polar surface area (TPSA) is 75.7 Å². The average Bonchev–Trinajstić information content (AvgIpc) is 2.60. The first-order valence-corrected chi connectivity index (χ1v) is 9.60. The summed E-state index contributed by atoms with van der Waals surface area (Å²) in [6.07, 6.45) is 0.160. The van der Waals surface area contributed by atoms with E-state index in [0.717, 1.165) is 15.4 Å². The van der Waals surface area contributed by atoms with Gasteiger partial charge in [-0.1, -0.05) is 35.9 Å². The molecule has 0 heterocycles. The highest BCUT2D eigenvalue weighted by Crippen LogP contribution is 2.21. The number of nitrogens with zero attached hydrogens (tertiary/aromatic N) is 1. The smallest absolute Gasteiger partial charge is 0.242 e. The van der Waals surface area contributed by atoms with Crippen molar-refractivity contribution in [3.05, 3.63) is 59.2 Å². The summed E-state index contributed by atoms with van der Waals surface area (Å²) in [6, 6.07) is 12.3. The zero-order chi connectivity index (χ0) is 19.3. The third-order valence-corrected chi connectivity index (χ3v) is 5.91.